The third kappa shape index (κ3) is 3.61. The molecule has 0 saturated heterocycles. The van der Waals surface area contributed by atoms with Gasteiger partial charge in [0.25, 0.3) is 0 Å². The second-order valence-corrected chi connectivity index (χ2v) is 5.50. The quantitative estimate of drug-likeness (QED) is 0.820. The number of aliphatic hydroxyl groups excluding tert-OH is 1. The molecule has 2 aromatic rings. The second-order valence-electron chi connectivity index (χ2n) is 5.06. The predicted octanol–water partition coefficient (Wildman–Crippen LogP) is 2.33. The molecule has 1 unspecified atom stereocenters. The average molecular weight is 324 g/mol. The Balaban J connectivity index is 2.50. The van der Waals surface area contributed by atoms with Crippen molar-refractivity contribution in [2.45, 2.75) is 26.3 Å². The molecule has 1 aromatic heterocycles. The number of nitrogens with two attached hydrogens (primary N) is 1. The van der Waals surface area contributed by atoms with Crippen LogP contribution >= 0.6 is 11.6 Å². The maximum Gasteiger partial charge on any atom is 0.123 e. The molecule has 6 heteroatoms. The van der Waals surface area contributed by atoms with Gasteiger partial charge in [0.15, 0.2) is 0 Å². The van der Waals surface area contributed by atoms with Crippen molar-refractivity contribution in [2.75, 3.05) is 19.8 Å². The summed E-state index contributed by atoms with van der Waals surface area (Å²) in [5.41, 5.74) is 8.81. The Bertz CT molecular complexity index is 628. The molecule has 1 atom stereocenters. The van der Waals surface area contributed by atoms with E-state index in [1.54, 1.807) is 10.7 Å². The zero-order valence-corrected chi connectivity index (χ0v) is 13.7. The molecule has 3 N–H and O–H groups in total. The first-order valence-corrected chi connectivity index (χ1v) is 7.76. The van der Waals surface area contributed by atoms with Crippen LogP contribution in [0, 0.1) is 6.92 Å². The summed E-state index contributed by atoms with van der Waals surface area (Å²) >= 11 is 6.15. The van der Waals surface area contributed by atoms with Crippen molar-refractivity contribution in [3.8, 4) is 5.75 Å². The van der Waals surface area contributed by atoms with E-state index in [0.29, 0.717) is 24.7 Å². The maximum atomic E-state index is 9.22. The van der Waals surface area contributed by atoms with Gasteiger partial charge in [0.2, 0.25) is 0 Å². The lowest BCUT2D eigenvalue weighted by Crippen LogP contribution is -2.20. The number of hydrogen-bond acceptors (Lipinski definition) is 4. The summed E-state index contributed by atoms with van der Waals surface area (Å²) in [6.07, 6.45) is 0. The highest BCUT2D eigenvalue weighted by Crippen LogP contribution is 2.34. The zero-order chi connectivity index (χ0) is 16.1. The summed E-state index contributed by atoms with van der Waals surface area (Å²) in [7, 11) is 0. The van der Waals surface area contributed by atoms with Crippen LogP contribution in [0.25, 0.3) is 0 Å². The van der Waals surface area contributed by atoms with Crippen molar-refractivity contribution in [2.24, 2.45) is 5.73 Å². The van der Waals surface area contributed by atoms with Crippen LogP contribution in [0.15, 0.2) is 24.3 Å². The molecule has 2 rings (SSSR count). The minimum Gasteiger partial charge on any atom is -0.494 e. The van der Waals surface area contributed by atoms with E-state index in [0.717, 1.165) is 22.7 Å². The van der Waals surface area contributed by atoms with Crippen LogP contribution in [0.3, 0.4) is 0 Å². The van der Waals surface area contributed by atoms with Crippen LogP contribution in [0.2, 0.25) is 5.02 Å². The average Bonchev–Trinajstić information content (AvgIpc) is 2.84. The Labute approximate surface area is 135 Å². The standard InChI is InChI=1S/C16H22ClN3O2/c1-3-22-16-5-4-12(17)9-13(16)14(10-18)15-8-11(2)19-20(15)6-7-21/h4-5,8-9,14,21H,3,6-7,10,18H2,1-2H3. The molecule has 1 heterocycles. The first kappa shape index (κ1) is 16.8. The molecule has 0 aliphatic rings. The van der Waals surface area contributed by atoms with E-state index in [1.165, 1.54) is 0 Å². The molecule has 0 amide bonds. The molecule has 0 saturated carbocycles. The van der Waals surface area contributed by atoms with E-state index in [9.17, 15) is 5.11 Å². The number of hydrogen-bond donors (Lipinski definition) is 2. The predicted molar refractivity (Wildman–Crippen MR) is 87.6 cm³/mol. The van der Waals surface area contributed by atoms with E-state index < -0.39 is 0 Å². The largest absolute Gasteiger partial charge is 0.494 e. The van der Waals surface area contributed by atoms with Gasteiger partial charge in [0.05, 0.1) is 25.5 Å². The second kappa shape index (κ2) is 7.63. The summed E-state index contributed by atoms with van der Waals surface area (Å²) < 4.78 is 7.50. The first-order valence-electron chi connectivity index (χ1n) is 7.38. The Kier molecular flexibility index (Phi) is 5.83. The third-order valence-corrected chi connectivity index (χ3v) is 3.72. The van der Waals surface area contributed by atoms with Gasteiger partial charge in [-0.15, -0.1) is 0 Å². The lowest BCUT2D eigenvalue weighted by Gasteiger charge is -2.20. The molecule has 0 fully saturated rings. The molecular formula is C16H22ClN3O2. The molecule has 0 spiro atoms. The zero-order valence-electron chi connectivity index (χ0n) is 12.9. The summed E-state index contributed by atoms with van der Waals surface area (Å²) in [6, 6.07) is 7.54. The molecule has 22 heavy (non-hydrogen) atoms. The van der Waals surface area contributed by atoms with Gasteiger partial charge in [0, 0.05) is 28.7 Å². The van der Waals surface area contributed by atoms with Crippen LogP contribution in [0.1, 0.15) is 29.8 Å². The fourth-order valence-electron chi connectivity index (χ4n) is 2.61. The minimum absolute atomic E-state index is 0.0271. The highest BCUT2D eigenvalue weighted by Gasteiger charge is 2.22. The molecule has 0 radical (unpaired) electrons. The van der Waals surface area contributed by atoms with E-state index in [2.05, 4.69) is 5.10 Å². The van der Waals surface area contributed by atoms with Crippen LogP contribution in [0.4, 0.5) is 0 Å². The highest BCUT2D eigenvalue weighted by molar-refractivity contribution is 6.30. The number of benzene rings is 1. The van der Waals surface area contributed by atoms with Gasteiger partial charge in [-0.1, -0.05) is 11.6 Å². The Morgan fingerprint density at radius 1 is 1.41 bits per heavy atom. The van der Waals surface area contributed by atoms with Crippen LogP contribution in [0.5, 0.6) is 5.75 Å². The Morgan fingerprint density at radius 2 is 2.18 bits per heavy atom. The normalized spacial score (nSPS) is 12.4. The van der Waals surface area contributed by atoms with Gasteiger partial charge < -0.3 is 15.6 Å². The van der Waals surface area contributed by atoms with Gasteiger partial charge >= 0.3 is 0 Å². The van der Waals surface area contributed by atoms with E-state index >= 15 is 0 Å². The molecule has 0 aliphatic carbocycles. The number of aliphatic hydroxyl groups is 1. The molecule has 5 nitrogen and oxygen atoms in total. The number of nitrogens with zero attached hydrogens (tertiary/aromatic N) is 2. The van der Waals surface area contributed by atoms with Gasteiger partial charge in [-0.3, -0.25) is 4.68 Å². The SMILES string of the molecule is CCOc1ccc(Cl)cc1C(CN)c1cc(C)nn1CCO. The van der Waals surface area contributed by atoms with Crippen molar-refractivity contribution in [3.63, 3.8) is 0 Å². The summed E-state index contributed by atoms with van der Waals surface area (Å²) in [5.74, 6) is 0.685. The molecule has 1 aromatic carbocycles. The lowest BCUT2D eigenvalue weighted by atomic mass is 9.94. The van der Waals surface area contributed by atoms with Crippen molar-refractivity contribution in [1.29, 1.82) is 0 Å². The smallest absolute Gasteiger partial charge is 0.123 e. The van der Waals surface area contributed by atoms with Crippen LogP contribution in [-0.2, 0) is 6.54 Å². The number of aromatic nitrogens is 2. The number of rotatable bonds is 7. The molecule has 0 bridgehead atoms. The van der Waals surface area contributed by atoms with Gasteiger partial charge in [-0.2, -0.15) is 5.10 Å². The van der Waals surface area contributed by atoms with E-state index in [1.807, 2.05) is 32.0 Å². The summed E-state index contributed by atoms with van der Waals surface area (Å²) in [6.45, 7) is 5.30. The van der Waals surface area contributed by atoms with Crippen molar-refractivity contribution in [1.82, 2.24) is 9.78 Å². The lowest BCUT2D eigenvalue weighted by molar-refractivity contribution is 0.266. The summed E-state index contributed by atoms with van der Waals surface area (Å²) in [4.78, 5) is 0. The minimum atomic E-state index is -0.0898. The van der Waals surface area contributed by atoms with E-state index in [4.69, 9.17) is 22.1 Å². The molecule has 0 aliphatic heterocycles. The van der Waals surface area contributed by atoms with Gasteiger partial charge in [-0.25, -0.2) is 0 Å². The van der Waals surface area contributed by atoms with E-state index in [-0.39, 0.29) is 12.5 Å². The monoisotopic (exact) mass is 323 g/mol. The summed E-state index contributed by atoms with van der Waals surface area (Å²) in [5, 5.41) is 14.3. The topological polar surface area (TPSA) is 73.3 Å². The molecule has 120 valence electrons. The number of halogens is 1. The van der Waals surface area contributed by atoms with Crippen LogP contribution < -0.4 is 10.5 Å². The van der Waals surface area contributed by atoms with Crippen molar-refractivity contribution < 1.29 is 9.84 Å². The highest BCUT2D eigenvalue weighted by atomic mass is 35.5. The van der Waals surface area contributed by atoms with Gasteiger partial charge in [-0.05, 0) is 38.1 Å². The first-order chi connectivity index (χ1) is 10.6. The van der Waals surface area contributed by atoms with Crippen molar-refractivity contribution >= 4 is 11.6 Å². The van der Waals surface area contributed by atoms with Crippen molar-refractivity contribution in [3.05, 3.63) is 46.2 Å². The number of ether oxygens (including phenoxy) is 1. The fourth-order valence-corrected chi connectivity index (χ4v) is 2.79. The Morgan fingerprint density at radius 3 is 2.82 bits per heavy atom. The Hall–Kier alpha value is -1.56. The third-order valence-electron chi connectivity index (χ3n) is 3.48. The fraction of sp³-hybridized carbons (Fsp3) is 0.438. The van der Waals surface area contributed by atoms with Gasteiger partial charge in [0.1, 0.15) is 5.75 Å². The number of aryl methyl sites for hydroxylation is 1. The maximum absolute atomic E-state index is 9.22. The molecular weight excluding hydrogens is 302 g/mol. The van der Waals surface area contributed by atoms with Crippen LogP contribution in [-0.4, -0.2) is 34.6 Å².